The lowest BCUT2D eigenvalue weighted by atomic mass is 10.4. The van der Waals surface area contributed by atoms with E-state index < -0.39 is 0 Å². The first kappa shape index (κ1) is 32.5. The van der Waals surface area contributed by atoms with Crippen molar-refractivity contribution >= 4 is 11.9 Å². The van der Waals surface area contributed by atoms with Crippen LogP contribution in [0, 0.1) is 0 Å². The molecule has 0 radical (unpaired) electrons. The third kappa shape index (κ3) is 56.9. The van der Waals surface area contributed by atoms with Crippen molar-refractivity contribution in [2.45, 2.75) is 53.4 Å². The second-order valence-corrected chi connectivity index (χ2v) is 4.69. The number of esters is 2. The van der Waals surface area contributed by atoms with Crippen molar-refractivity contribution in [3.8, 4) is 0 Å². The molecule has 0 fully saturated rings. The minimum absolute atomic E-state index is 0.0922. The molecule has 0 aliphatic heterocycles. The van der Waals surface area contributed by atoms with Crippen molar-refractivity contribution in [1.82, 2.24) is 0 Å². The van der Waals surface area contributed by atoms with Gasteiger partial charge in [0.15, 0.2) is 0 Å². The Hall–Kier alpha value is -1.22. The van der Waals surface area contributed by atoms with Crippen molar-refractivity contribution in [2.75, 3.05) is 53.9 Å². The van der Waals surface area contributed by atoms with Crippen molar-refractivity contribution in [3.63, 3.8) is 0 Å². The predicted molar refractivity (Wildman–Crippen MR) is 101 cm³/mol. The third-order valence-corrected chi connectivity index (χ3v) is 2.34. The molecule has 0 rings (SSSR count). The highest BCUT2D eigenvalue weighted by Gasteiger charge is 1.88. The zero-order chi connectivity index (χ0) is 21.1. The van der Waals surface area contributed by atoms with E-state index in [4.69, 9.17) is 19.7 Å². The Morgan fingerprint density at radius 3 is 1.54 bits per heavy atom. The van der Waals surface area contributed by atoms with Gasteiger partial charge in [0, 0.05) is 27.6 Å². The van der Waals surface area contributed by atoms with Crippen LogP contribution in [-0.2, 0) is 28.5 Å². The van der Waals surface area contributed by atoms with Gasteiger partial charge in [0.25, 0.3) is 0 Å². The van der Waals surface area contributed by atoms with Crippen LogP contribution in [0.15, 0.2) is 0 Å². The highest BCUT2D eigenvalue weighted by molar-refractivity contribution is 5.65. The topological polar surface area (TPSA) is 112 Å². The summed E-state index contributed by atoms with van der Waals surface area (Å²) in [5, 5.41) is 15.3. The highest BCUT2D eigenvalue weighted by Crippen LogP contribution is 1.87. The monoisotopic (exact) mass is 384 g/mol. The molecule has 0 aromatic carbocycles. The van der Waals surface area contributed by atoms with E-state index in [9.17, 15) is 9.59 Å². The molecule has 0 aliphatic carbocycles. The van der Waals surface area contributed by atoms with Gasteiger partial charge < -0.3 is 29.2 Å². The van der Waals surface area contributed by atoms with E-state index in [1.54, 1.807) is 0 Å². The fourth-order valence-electron chi connectivity index (χ4n) is 0.993. The number of aliphatic hydroxyl groups excluding tert-OH is 2. The minimum Gasteiger partial charge on any atom is -0.469 e. The first-order valence-corrected chi connectivity index (χ1v) is 8.85. The minimum atomic E-state index is -0.245. The van der Waals surface area contributed by atoms with Gasteiger partial charge in [-0.05, 0) is 12.8 Å². The molecule has 0 bridgehead atoms. The van der Waals surface area contributed by atoms with Crippen molar-refractivity contribution in [1.29, 1.82) is 0 Å². The fourth-order valence-corrected chi connectivity index (χ4v) is 0.993. The smallest absolute Gasteiger partial charge is 0.302 e. The van der Waals surface area contributed by atoms with E-state index in [1.165, 1.54) is 21.0 Å². The molecular formula is C18H40O8. The summed E-state index contributed by atoms with van der Waals surface area (Å²) < 4.78 is 19.0. The predicted octanol–water partition coefficient (Wildman–Crippen LogP) is 1.95. The molecule has 0 aliphatic rings. The van der Waals surface area contributed by atoms with E-state index in [-0.39, 0.29) is 18.5 Å². The molecule has 0 aromatic heterocycles. The molecule has 26 heavy (non-hydrogen) atoms. The number of hydrogen-bond donors (Lipinski definition) is 2. The lowest BCUT2D eigenvalue weighted by molar-refractivity contribution is -0.141. The maximum absolute atomic E-state index is 10.1. The molecule has 0 amide bonds. The lowest BCUT2D eigenvalue weighted by Crippen LogP contribution is -2.07. The van der Waals surface area contributed by atoms with Gasteiger partial charge in [-0.25, -0.2) is 0 Å². The number of ether oxygens (including phenoxy) is 4. The Morgan fingerprint density at radius 1 is 0.769 bits per heavy atom. The van der Waals surface area contributed by atoms with Crippen molar-refractivity contribution < 1.29 is 38.7 Å². The third-order valence-electron chi connectivity index (χ3n) is 2.34. The van der Waals surface area contributed by atoms with Gasteiger partial charge >= 0.3 is 11.9 Å². The molecule has 0 unspecified atom stereocenters. The summed E-state index contributed by atoms with van der Waals surface area (Å²) in [7, 11) is 2.35. The molecule has 0 heterocycles. The number of carbonyl (C=O) groups excluding carboxylic acids is 2. The van der Waals surface area contributed by atoms with Crippen molar-refractivity contribution in [3.05, 3.63) is 0 Å². The molecular weight excluding hydrogens is 344 g/mol. The number of aliphatic hydroxyl groups is 2. The van der Waals surface area contributed by atoms with Gasteiger partial charge in [0.05, 0.1) is 40.1 Å². The molecule has 0 saturated heterocycles. The van der Waals surface area contributed by atoms with Gasteiger partial charge in [-0.3, -0.25) is 9.59 Å². The Kier molecular flexibility index (Phi) is 43.7. The molecule has 0 aromatic rings. The molecule has 0 saturated carbocycles. The largest absolute Gasteiger partial charge is 0.469 e. The van der Waals surface area contributed by atoms with Gasteiger partial charge in [-0.2, -0.15) is 0 Å². The summed E-state index contributed by atoms with van der Waals surface area (Å²) in [5.74, 6) is -0.427. The summed E-state index contributed by atoms with van der Waals surface area (Å²) >= 11 is 0. The summed E-state index contributed by atoms with van der Waals surface area (Å²) in [5.41, 5.74) is 0. The summed E-state index contributed by atoms with van der Waals surface area (Å²) in [6.45, 7) is 10.1. The van der Waals surface area contributed by atoms with Crippen LogP contribution in [0.5, 0.6) is 0 Å². The maximum Gasteiger partial charge on any atom is 0.302 e. The zero-order valence-electron chi connectivity index (χ0n) is 17.4. The zero-order valence-corrected chi connectivity index (χ0v) is 17.4. The normalized spacial score (nSPS) is 8.62. The first-order valence-electron chi connectivity index (χ1n) is 8.85. The summed E-state index contributed by atoms with van der Waals surface area (Å²) in [4.78, 5) is 19.7. The molecule has 0 spiro atoms. The number of rotatable bonds is 11. The quantitative estimate of drug-likeness (QED) is 0.411. The average Bonchev–Trinajstić information content (AvgIpc) is 2.64. The van der Waals surface area contributed by atoms with E-state index in [0.717, 1.165) is 39.4 Å². The number of hydrogen-bond acceptors (Lipinski definition) is 8. The van der Waals surface area contributed by atoms with E-state index in [0.29, 0.717) is 26.4 Å². The van der Waals surface area contributed by atoms with Crippen LogP contribution in [0.2, 0.25) is 0 Å². The van der Waals surface area contributed by atoms with Gasteiger partial charge in [0.1, 0.15) is 0 Å². The number of methoxy groups -OCH3 is 1. The van der Waals surface area contributed by atoms with Gasteiger partial charge in [0.2, 0.25) is 0 Å². The summed E-state index contributed by atoms with van der Waals surface area (Å²) in [6.07, 6.45) is 4.32. The first-order chi connectivity index (χ1) is 12.5. The second-order valence-electron chi connectivity index (χ2n) is 4.69. The molecule has 0 atom stereocenters. The Labute approximate surface area is 158 Å². The Bertz CT molecular complexity index is 252. The summed E-state index contributed by atoms with van der Waals surface area (Å²) in [6, 6.07) is 0. The number of carbonyl (C=O) groups is 2. The lowest BCUT2D eigenvalue weighted by Gasteiger charge is -2.02. The molecule has 2 N–H and O–H groups in total. The molecule has 8 nitrogen and oxygen atoms in total. The van der Waals surface area contributed by atoms with Crippen LogP contribution in [0.25, 0.3) is 0 Å². The highest BCUT2D eigenvalue weighted by atomic mass is 16.5. The van der Waals surface area contributed by atoms with Gasteiger partial charge in [-0.1, -0.05) is 26.7 Å². The standard InChI is InChI=1S/C8H18O3.C6H12O2.C3H6O2.CH4O/c1-2-3-5-10-7-8-11-6-4-9;1-3-4-5-8-6(2)7;1-3(4)5-2;1-2/h9H,2-8H2,1H3;3-5H2,1-2H3;1-2H3;2H,1H3. The average molecular weight is 385 g/mol. The van der Waals surface area contributed by atoms with Crippen molar-refractivity contribution in [2.24, 2.45) is 0 Å². The Balaban J connectivity index is -0.000000142. The fraction of sp³-hybridized carbons (Fsp3) is 0.889. The second kappa shape index (κ2) is 35.0. The van der Waals surface area contributed by atoms with Crippen LogP contribution in [0.4, 0.5) is 0 Å². The Morgan fingerprint density at radius 2 is 1.19 bits per heavy atom. The van der Waals surface area contributed by atoms with E-state index in [2.05, 4.69) is 23.3 Å². The number of unbranched alkanes of at least 4 members (excludes halogenated alkanes) is 2. The maximum atomic E-state index is 10.1. The van der Waals surface area contributed by atoms with E-state index >= 15 is 0 Å². The SMILES string of the molecule is CCCCOC(C)=O.CCCCOCCOCCO.CO.COC(C)=O. The van der Waals surface area contributed by atoms with Crippen LogP contribution < -0.4 is 0 Å². The molecule has 8 heteroatoms. The van der Waals surface area contributed by atoms with Crippen LogP contribution >= 0.6 is 0 Å². The van der Waals surface area contributed by atoms with E-state index in [1.807, 2.05) is 0 Å². The van der Waals surface area contributed by atoms with Gasteiger partial charge in [-0.15, -0.1) is 0 Å². The molecule has 160 valence electrons. The van der Waals surface area contributed by atoms with Crippen LogP contribution in [0.3, 0.4) is 0 Å². The van der Waals surface area contributed by atoms with Crippen LogP contribution in [0.1, 0.15) is 53.4 Å². The van der Waals surface area contributed by atoms with Crippen LogP contribution in [-0.4, -0.2) is 76.0 Å².